The Kier molecular flexibility index (Phi) is 5.41. The second-order valence-corrected chi connectivity index (χ2v) is 5.18. The van der Waals surface area contributed by atoms with Gasteiger partial charge in [-0.25, -0.2) is 4.39 Å². The molecule has 4 nitrogen and oxygen atoms in total. The van der Waals surface area contributed by atoms with Gasteiger partial charge in [0.2, 0.25) is 11.8 Å². The van der Waals surface area contributed by atoms with E-state index >= 15 is 0 Å². The number of alkyl halides is 3. The van der Waals surface area contributed by atoms with Crippen molar-refractivity contribution < 1.29 is 27.2 Å². The molecule has 0 spiro atoms. The smallest absolute Gasteiger partial charge is 0.325 e. The predicted molar refractivity (Wildman–Crippen MR) is 84.5 cm³/mol. The first kappa shape index (κ1) is 18.4. The monoisotopic (exact) mass is 354 g/mol. The molecule has 0 aromatic heterocycles. The lowest BCUT2D eigenvalue weighted by molar-refractivity contribution is -0.137. The summed E-state index contributed by atoms with van der Waals surface area (Å²) in [5.74, 6) is -2.02. The van der Waals surface area contributed by atoms with Crippen molar-refractivity contribution >= 4 is 23.2 Å². The SMILES string of the molecule is CC(=O)N(CC(=O)Nc1cccc(C(F)(F)F)c1)c1ccccc1F. The second kappa shape index (κ2) is 7.33. The predicted octanol–water partition coefficient (Wildman–Crippen LogP) is 3.84. The summed E-state index contributed by atoms with van der Waals surface area (Å²) in [6.45, 7) is 0.622. The number of carbonyl (C=O) groups excluding carboxylic acids is 2. The third-order valence-electron chi connectivity index (χ3n) is 3.30. The Morgan fingerprint density at radius 2 is 1.76 bits per heavy atom. The Morgan fingerprint density at radius 1 is 1.08 bits per heavy atom. The van der Waals surface area contributed by atoms with Crippen molar-refractivity contribution in [2.75, 3.05) is 16.8 Å². The fraction of sp³-hybridized carbons (Fsp3) is 0.176. The maximum absolute atomic E-state index is 13.8. The maximum Gasteiger partial charge on any atom is 0.416 e. The molecule has 0 saturated carbocycles. The molecule has 25 heavy (non-hydrogen) atoms. The van der Waals surface area contributed by atoms with Crippen LogP contribution in [0.1, 0.15) is 12.5 Å². The molecule has 1 N–H and O–H groups in total. The van der Waals surface area contributed by atoms with Crippen molar-refractivity contribution in [3.05, 3.63) is 59.9 Å². The fourth-order valence-electron chi connectivity index (χ4n) is 2.15. The van der Waals surface area contributed by atoms with E-state index in [0.29, 0.717) is 0 Å². The molecule has 0 bridgehead atoms. The normalized spacial score (nSPS) is 11.1. The maximum atomic E-state index is 13.8. The van der Waals surface area contributed by atoms with Gasteiger partial charge in [-0.15, -0.1) is 0 Å². The number of amides is 2. The third-order valence-corrected chi connectivity index (χ3v) is 3.30. The van der Waals surface area contributed by atoms with Gasteiger partial charge in [0, 0.05) is 12.6 Å². The van der Waals surface area contributed by atoms with Crippen LogP contribution in [0.3, 0.4) is 0 Å². The minimum absolute atomic E-state index is 0.0724. The minimum atomic E-state index is -4.54. The summed E-state index contributed by atoms with van der Waals surface area (Å²) in [6.07, 6.45) is -4.54. The molecule has 8 heteroatoms. The summed E-state index contributed by atoms with van der Waals surface area (Å²) >= 11 is 0. The topological polar surface area (TPSA) is 49.4 Å². The summed E-state index contributed by atoms with van der Waals surface area (Å²) in [6, 6.07) is 9.48. The average molecular weight is 354 g/mol. The van der Waals surface area contributed by atoms with Crippen LogP contribution in [0.5, 0.6) is 0 Å². The summed E-state index contributed by atoms with van der Waals surface area (Å²) in [5, 5.41) is 2.27. The van der Waals surface area contributed by atoms with Gasteiger partial charge in [0.05, 0.1) is 11.3 Å². The van der Waals surface area contributed by atoms with Gasteiger partial charge in [-0.1, -0.05) is 18.2 Å². The van der Waals surface area contributed by atoms with Crippen LogP contribution in [-0.4, -0.2) is 18.4 Å². The van der Waals surface area contributed by atoms with Gasteiger partial charge in [0.15, 0.2) is 0 Å². The average Bonchev–Trinajstić information content (AvgIpc) is 2.52. The Hall–Kier alpha value is -2.90. The van der Waals surface area contributed by atoms with Crippen LogP contribution in [0.2, 0.25) is 0 Å². The zero-order chi connectivity index (χ0) is 18.6. The standard InChI is InChI=1S/C17H14F4N2O2/c1-11(24)23(15-8-3-2-7-14(15)18)10-16(25)22-13-6-4-5-12(9-13)17(19,20)21/h2-9H,10H2,1H3,(H,22,25). The van der Waals surface area contributed by atoms with Gasteiger partial charge in [0.25, 0.3) is 0 Å². The molecule has 0 aliphatic rings. The van der Waals surface area contributed by atoms with E-state index in [1.807, 2.05) is 0 Å². The number of nitrogens with zero attached hydrogens (tertiary/aromatic N) is 1. The highest BCUT2D eigenvalue weighted by Gasteiger charge is 2.30. The molecule has 0 unspecified atom stereocenters. The lowest BCUT2D eigenvalue weighted by atomic mass is 10.2. The highest BCUT2D eigenvalue weighted by Crippen LogP contribution is 2.30. The van der Waals surface area contributed by atoms with E-state index in [1.165, 1.54) is 24.3 Å². The van der Waals surface area contributed by atoms with Crippen molar-refractivity contribution in [3.8, 4) is 0 Å². The van der Waals surface area contributed by atoms with Crippen molar-refractivity contribution in [2.45, 2.75) is 13.1 Å². The number of rotatable bonds is 4. The van der Waals surface area contributed by atoms with Crippen molar-refractivity contribution in [3.63, 3.8) is 0 Å². The molecule has 132 valence electrons. The van der Waals surface area contributed by atoms with E-state index in [-0.39, 0.29) is 11.4 Å². The van der Waals surface area contributed by atoms with Crippen molar-refractivity contribution in [2.24, 2.45) is 0 Å². The number of carbonyl (C=O) groups is 2. The number of nitrogens with one attached hydrogen (secondary N) is 1. The minimum Gasteiger partial charge on any atom is -0.325 e. The van der Waals surface area contributed by atoms with E-state index in [1.54, 1.807) is 0 Å². The zero-order valence-corrected chi connectivity index (χ0v) is 13.1. The van der Waals surface area contributed by atoms with Crippen LogP contribution >= 0.6 is 0 Å². The molecule has 0 heterocycles. The first-order valence-electron chi connectivity index (χ1n) is 7.18. The molecule has 2 rings (SSSR count). The first-order chi connectivity index (χ1) is 11.7. The Morgan fingerprint density at radius 3 is 2.36 bits per heavy atom. The van der Waals surface area contributed by atoms with Crippen LogP contribution in [0, 0.1) is 5.82 Å². The number of hydrogen-bond acceptors (Lipinski definition) is 2. The van der Waals surface area contributed by atoms with Crippen LogP contribution in [0.25, 0.3) is 0 Å². The number of halogens is 4. The number of para-hydroxylation sites is 1. The van der Waals surface area contributed by atoms with E-state index in [9.17, 15) is 27.2 Å². The van der Waals surface area contributed by atoms with Gasteiger partial charge in [0.1, 0.15) is 12.4 Å². The van der Waals surface area contributed by atoms with Crippen LogP contribution in [0.4, 0.5) is 28.9 Å². The molecule has 0 saturated heterocycles. The van der Waals surface area contributed by atoms with Gasteiger partial charge >= 0.3 is 6.18 Å². The summed E-state index contributed by atoms with van der Waals surface area (Å²) in [4.78, 5) is 24.7. The van der Waals surface area contributed by atoms with Gasteiger partial charge in [-0.05, 0) is 30.3 Å². The Balaban J connectivity index is 2.15. The van der Waals surface area contributed by atoms with E-state index < -0.39 is 35.9 Å². The molecule has 0 aliphatic carbocycles. The fourth-order valence-corrected chi connectivity index (χ4v) is 2.15. The third kappa shape index (κ3) is 4.79. The highest BCUT2D eigenvalue weighted by molar-refractivity contribution is 6.01. The zero-order valence-electron chi connectivity index (χ0n) is 13.1. The van der Waals surface area contributed by atoms with E-state index in [0.717, 1.165) is 36.1 Å². The van der Waals surface area contributed by atoms with Crippen molar-refractivity contribution in [1.29, 1.82) is 0 Å². The molecular weight excluding hydrogens is 340 g/mol. The first-order valence-corrected chi connectivity index (χ1v) is 7.18. The molecule has 0 aliphatic heterocycles. The number of benzene rings is 2. The second-order valence-electron chi connectivity index (χ2n) is 5.18. The lowest BCUT2D eigenvalue weighted by Crippen LogP contribution is -2.37. The lowest BCUT2D eigenvalue weighted by Gasteiger charge is -2.21. The van der Waals surface area contributed by atoms with E-state index in [2.05, 4.69) is 5.32 Å². The van der Waals surface area contributed by atoms with Crippen LogP contribution in [-0.2, 0) is 15.8 Å². The molecule has 0 radical (unpaired) electrons. The molecule has 0 fully saturated rings. The molecule has 2 amide bonds. The Labute approximate surface area is 141 Å². The summed E-state index contributed by atoms with van der Waals surface area (Å²) in [5.41, 5.74) is -1.08. The van der Waals surface area contributed by atoms with Gasteiger partial charge in [-0.2, -0.15) is 13.2 Å². The van der Waals surface area contributed by atoms with Gasteiger partial charge in [-0.3, -0.25) is 9.59 Å². The van der Waals surface area contributed by atoms with E-state index in [4.69, 9.17) is 0 Å². The largest absolute Gasteiger partial charge is 0.416 e. The van der Waals surface area contributed by atoms with Crippen molar-refractivity contribution in [1.82, 2.24) is 0 Å². The molecule has 2 aromatic rings. The molecule has 0 atom stereocenters. The summed E-state index contributed by atoms with van der Waals surface area (Å²) < 4.78 is 51.9. The number of hydrogen-bond donors (Lipinski definition) is 1. The van der Waals surface area contributed by atoms with Crippen LogP contribution < -0.4 is 10.2 Å². The molecular formula is C17H14F4N2O2. The quantitative estimate of drug-likeness (QED) is 0.849. The highest BCUT2D eigenvalue weighted by atomic mass is 19.4. The van der Waals surface area contributed by atoms with Gasteiger partial charge < -0.3 is 10.2 Å². The number of anilines is 2. The molecule has 2 aromatic carbocycles. The Bertz CT molecular complexity index is 790. The van der Waals surface area contributed by atoms with Crippen LogP contribution in [0.15, 0.2) is 48.5 Å². The summed E-state index contributed by atoms with van der Waals surface area (Å²) in [7, 11) is 0.